The molecule has 4 aromatic rings. The van der Waals surface area contributed by atoms with Gasteiger partial charge in [0.25, 0.3) is 10.0 Å². The summed E-state index contributed by atoms with van der Waals surface area (Å²) in [4.78, 5) is 5.04. The molecule has 1 aliphatic heterocycles. The van der Waals surface area contributed by atoms with Crippen LogP contribution in [0.25, 0.3) is 10.1 Å². The van der Waals surface area contributed by atoms with E-state index >= 15 is 0 Å². The van der Waals surface area contributed by atoms with Crippen LogP contribution < -0.4 is 9.62 Å². The van der Waals surface area contributed by atoms with E-state index in [1.165, 1.54) is 10.1 Å². The van der Waals surface area contributed by atoms with Gasteiger partial charge >= 0.3 is 0 Å². The van der Waals surface area contributed by atoms with Crippen molar-refractivity contribution in [1.82, 2.24) is 9.27 Å². The second-order valence-corrected chi connectivity index (χ2v) is 11.4. The predicted octanol–water partition coefficient (Wildman–Crippen LogP) is 4.61. The summed E-state index contributed by atoms with van der Waals surface area (Å²) in [5, 5.41) is 1.23. The molecule has 1 aromatic heterocycles. The third-order valence-electron chi connectivity index (χ3n) is 6.51. The lowest BCUT2D eigenvalue weighted by Crippen LogP contribution is -2.47. The van der Waals surface area contributed by atoms with E-state index in [2.05, 4.69) is 38.8 Å². The van der Waals surface area contributed by atoms with E-state index in [1.807, 2.05) is 30.3 Å². The highest BCUT2D eigenvalue weighted by atomic mass is 32.2. The number of ether oxygens (including phenoxy) is 1. The maximum atomic E-state index is 13.1. The minimum Gasteiger partial charge on any atom is -0.380 e. The second-order valence-electron chi connectivity index (χ2n) is 8.92. The van der Waals surface area contributed by atoms with Gasteiger partial charge in [0.05, 0.1) is 21.9 Å². The summed E-state index contributed by atoms with van der Waals surface area (Å²) >= 11 is 1.56. The Morgan fingerprint density at radius 1 is 0.972 bits per heavy atom. The van der Waals surface area contributed by atoms with Crippen molar-refractivity contribution in [1.29, 1.82) is 0 Å². The average Bonchev–Trinajstić information content (AvgIpc) is 3.33. The Hall–Kier alpha value is -2.98. The molecule has 1 saturated heterocycles. The van der Waals surface area contributed by atoms with Gasteiger partial charge in [0, 0.05) is 45.2 Å². The zero-order chi connectivity index (χ0) is 25.0. The fourth-order valence-electron chi connectivity index (χ4n) is 4.57. The number of methoxy groups -OCH3 is 1. The van der Waals surface area contributed by atoms with Gasteiger partial charge in [0.15, 0.2) is 0 Å². The van der Waals surface area contributed by atoms with Gasteiger partial charge in [-0.3, -0.25) is 9.62 Å². The van der Waals surface area contributed by atoms with E-state index in [1.54, 1.807) is 36.8 Å². The number of nitrogens with zero attached hydrogens (tertiary/aromatic N) is 3. The monoisotopic (exact) mass is 522 g/mol. The molecule has 0 unspecified atom stereocenters. The van der Waals surface area contributed by atoms with Gasteiger partial charge in [-0.1, -0.05) is 42.5 Å². The molecule has 9 heteroatoms. The topological polar surface area (TPSA) is 74.8 Å². The number of sulfonamides is 1. The highest BCUT2D eigenvalue weighted by Crippen LogP contribution is 2.30. The number of rotatable bonds is 9. The number of hydrogen-bond donors (Lipinski definition) is 1. The van der Waals surface area contributed by atoms with E-state index in [9.17, 15) is 8.42 Å². The van der Waals surface area contributed by atoms with E-state index in [4.69, 9.17) is 9.11 Å². The number of hydrogen-bond acceptors (Lipinski definition) is 7. The van der Waals surface area contributed by atoms with Gasteiger partial charge in [-0.15, -0.1) is 0 Å². The molecule has 0 bridgehead atoms. The molecule has 36 heavy (non-hydrogen) atoms. The predicted molar refractivity (Wildman–Crippen MR) is 146 cm³/mol. The molecule has 5 rings (SSSR count). The largest absolute Gasteiger partial charge is 0.380 e. The molecular weight excluding hydrogens is 492 g/mol. The van der Waals surface area contributed by atoms with Gasteiger partial charge < -0.3 is 9.64 Å². The Labute approximate surface area is 216 Å². The second kappa shape index (κ2) is 11.0. The Kier molecular flexibility index (Phi) is 7.52. The lowest BCUT2D eigenvalue weighted by Gasteiger charge is -2.35. The van der Waals surface area contributed by atoms with E-state index in [-0.39, 0.29) is 4.90 Å². The van der Waals surface area contributed by atoms with Crippen LogP contribution in [0.2, 0.25) is 0 Å². The normalized spacial score (nSPS) is 14.9. The van der Waals surface area contributed by atoms with Gasteiger partial charge in [-0.25, -0.2) is 8.42 Å². The summed E-state index contributed by atoms with van der Waals surface area (Å²) in [7, 11) is -2.11. The third kappa shape index (κ3) is 5.54. The lowest BCUT2D eigenvalue weighted by atomic mass is 10.1. The zero-order valence-electron chi connectivity index (χ0n) is 20.3. The summed E-state index contributed by atoms with van der Waals surface area (Å²) in [5.41, 5.74) is 2.43. The molecule has 0 aliphatic carbocycles. The molecule has 1 N–H and O–H groups in total. The van der Waals surface area contributed by atoms with Crippen LogP contribution in [0.5, 0.6) is 0 Å². The number of piperazine rings is 1. The van der Waals surface area contributed by atoms with Crippen molar-refractivity contribution in [2.75, 3.05) is 49.5 Å². The van der Waals surface area contributed by atoms with E-state index in [0.717, 1.165) is 56.1 Å². The number of nitrogens with one attached hydrogen (secondary N) is 1. The van der Waals surface area contributed by atoms with Crippen LogP contribution in [0.4, 0.5) is 11.5 Å². The number of fused-ring (bicyclic) bond motifs is 1. The molecule has 0 amide bonds. The fourth-order valence-corrected chi connectivity index (χ4v) is 6.54. The Morgan fingerprint density at radius 2 is 1.75 bits per heavy atom. The first-order valence-electron chi connectivity index (χ1n) is 12.0. The van der Waals surface area contributed by atoms with Crippen molar-refractivity contribution in [2.24, 2.45) is 0 Å². The van der Waals surface area contributed by atoms with E-state index in [0.29, 0.717) is 12.3 Å². The van der Waals surface area contributed by atoms with Crippen LogP contribution in [0.1, 0.15) is 11.1 Å². The first kappa shape index (κ1) is 24.7. The maximum Gasteiger partial charge on any atom is 0.261 e. The van der Waals surface area contributed by atoms with Gasteiger partial charge in [-0.2, -0.15) is 4.37 Å². The van der Waals surface area contributed by atoms with Crippen LogP contribution in [0.3, 0.4) is 0 Å². The van der Waals surface area contributed by atoms with Crippen LogP contribution in [0.15, 0.2) is 77.7 Å². The number of para-hydroxylation sites is 1. The first-order chi connectivity index (χ1) is 17.5. The molecule has 0 saturated carbocycles. The van der Waals surface area contributed by atoms with E-state index < -0.39 is 10.0 Å². The van der Waals surface area contributed by atoms with Crippen molar-refractivity contribution in [3.8, 4) is 0 Å². The highest BCUT2D eigenvalue weighted by Gasteiger charge is 2.21. The van der Waals surface area contributed by atoms with Crippen molar-refractivity contribution < 1.29 is 13.2 Å². The maximum absolute atomic E-state index is 13.1. The molecule has 2 heterocycles. The lowest BCUT2D eigenvalue weighted by molar-refractivity contribution is 0.184. The van der Waals surface area contributed by atoms with Crippen molar-refractivity contribution in [3.63, 3.8) is 0 Å². The van der Waals surface area contributed by atoms with Crippen LogP contribution in [-0.2, 0) is 27.8 Å². The van der Waals surface area contributed by atoms with Crippen LogP contribution in [0, 0.1) is 0 Å². The first-order valence-corrected chi connectivity index (χ1v) is 14.3. The standard InChI is InChI=1S/C27H30N4O3S2/c1-34-20-21-7-6-9-23(19-21)36(32,33)29-25-11-4-2-8-22(25)13-14-30-15-17-31(18-16-30)27-24-10-3-5-12-26(24)35-28-27/h2-12,19,29H,13-18,20H2,1H3. The van der Waals surface area contributed by atoms with Crippen LogP contribution in [-0.4, -0.2) is 57.5 Å². The van der Waals surface area contributed by atoms with Crippen molar-refractivity contribution >= 4 is 43.1 Å². The summed E-state index contributed by atoms with van der Waals surface area (Å²) in [6.07, 6.45) is 0.766. The average molecular weight is 523 g/mol. The summed E-state index contributed by atoms with van der Waals surface area (Å²) in [6, 6.07) is 22.9. The SMILES string of the molecule is COCc1cccc(S(=O)(=O)Nc2ccccc2CCN2CCN(c3nsc4ccccc34)CC2)c1. The minimum atomic E-state index is -3.70. The molecular formula is C27H30N4O3S2. The van der Waals surface area contributed by atoms with Gasteiger partial charge in [0.2, 0.25) is 0 Å². The molecule has 188 valence electrons. The van der Waals surface area contributed by atoms with Gasteiger partial charge in [0.1, 0.15) is 5.82 Å². The summed E-state index contributed by atoms with van der Waals surface area (Å²) in [6.45, 7) is 5.00. The smallest absolute Gasteiger partial charge is 0.261 e. The Morgan fingerprint density at radius 3 is 2.58 bits per heavy atom. The molecule has 1 fully saturated rings. The summed E-state index contributed by atoms with van der Waals surface area (Å²) < 4.78 is 40.0. The fraction of sp³-hybridized carbons (Fsp3) is 0.296. The molecule has 0 atom stereocenters. The molecule has 0 radical (unpaired) electrons. The van der Waals surface area contributed by atoms with Crippen LogP contribution >= 0.6 is 11.5 Å². The molecule has 1 aliphatic rings. The number of anilines is 2. The molecule has 3 aromatic carbocycles. The van der Waals surface area contributed by atoms with Gasteiger partial charge in [-0.05, 0) is 59.4 Å². The Balaban J connectivity index is 1.21. The Bertz CT molecular complexity index is 1430. The minimum absolute atomic E-state index is 0.234. The van der Waals surface area contributed by atoms with Crippen molar-refractivity contribution in [2.45, 2.75) is 17.9 Å². The highest BCUT2D eigenvalue weighted by molar-refractivity contribution is 7.92. The number of benzene rings is 3. The molecule has 0 spiro atoms. The third-order valence-corrected chi connectivity index (χ3v) is 8.69. The molecule has 7 nitrogen and oxygen atoms in total. The number of aromatic nitrogens is 1. The van der Waals surface area contributed by atoms with Crippen molar-refractivity contribution in [3.05, 3.63) is 83.9 Å². The quantitative estimate of drug-likeness (QED) is 0.346. The summed E-state index contributed by atoms with van der Waals surface area (Å²) in [5.74, 6) is 1.09. The zero-order valence-corrected chi connectivity index (χ0v) is 21.9.